The van der Waals surface area contributed by atoms with Crippen molar-refractivity contribution in [2.75, 3.05) is 0 Å². The Morgan fingerprint density at radius 1 is 0.840 bits per heavy atom. The molecule has 2 aromatic rings. The molecule has 0 spiro atoms. The fourth-order valence-corrected chi connectivity index (χ4v) is 2.94. The van der Waals surface area contributed by atoms with Gasteiger partial charge in [-0.25, -0.2) is 0 Å². The first-order chi connectivity index (χ1) is 11.7. The van der Waals surface area contributed by atoms with Crippen LogP contribution < -0.4 is 0 Å². The zero-order chi connectivity index (χ0) is 18.2. The molecule has 1 fully saturated rings. The van der Waals surface area contributed by atoms with Crippen LogP contribution in [-0.2, 0) is 9.31 Å². The Labute approximate surface area is 150 Å². The Balaban J connectivity index is 1.76. The van der Waals surface area contributed by atoms with Gasteiger partial charge in [0.05, 0.1) is 11.2 Å². The van der Waals surface area contributed by atoms with E-state index >= 15 is 0 Å². The standard InChI is InChI=1S/C21H25BO3/c1-15(22-24-20(2,3)21(4,5)25-22)16-11-13-18(14-12-16)19(23)17-9-7-6-8-10-17/h6-15H,1-5H3. The van der Waals surface area contributed by atoms with Gasteiger partial charge in [-0.2, -0.15) is 0 Å². The van der Waals surface area contributed by atoms with Gasteiger partial charge in [0, 0.05) is 16.9 Å². The minimum Gasteiger partial charge on any atom is -0.403 e. The highest BCUT2D eigenvalue weighted by Crippen LogP contribution is 2.40. The lowest BCUT2D eigenvalue weighted by atomic mass is 9.69. The van der Waals surface area contributed by atoms with E-state index in [4.69, 9.17) is 9.31 Å². The fourth-order valence-electron chi connectivity index (χ4n) is 2.94. The smallest absolute Gasteiger partial charge is 0.403 e. The summed E-state index contributed by atoms with van der Waals surface area (Å²) in [5, 5.41) is 0. The summed E-state index contributed by atoms with van der Waals surface area (Å²) in [5.41, 5.74) is 1.82. The molecule has 1 saturated heterocycles. The third kappa shape index (κ3) is 3.42. The number of rotatable bonds is 4. The number of hydrogen-bond donors (Lipinski definition) is 0. The normalized spacial score (nSPS) is 19.6. The van der Waals surface area contributed by atoms with Crippen LogP contribution in [0.15, 0.2) is 54.6 Å². The molecule has 0 aromatic heterocycles. The van der Waals surface area contributed by atoms with Gasteiger partial charge in [-0.3, -0.25) is 4.79 Å². The molecule has 1 heterocycles. The molecule has 0 radical (unpaired) electrons. The molecule has 0 bridgehead atoms. The van der Waals surface area contributed by atoms with E-state index in [-0.39, 0.29) is 29.9 Å². The number of carbonyl (C=O) groups is 1. The monoisotopic (exact) mass is 336 g/mol. The number of hydrogen-bond acceptors (Lipinski definition) is 3. The van der Waals surface area contributed by atoms with Crippen molar-refractivity contribution in [3.63, 3.8) is 0 Å². The van der Waals surface area contributed by atoms with E-state index < -0.39 is 0 Å². The average Bonchev–Trinajstić information content (AvgIpc) is 2.82. The van der Waals surface area contributed by atoms with E-state index in [0.717, 1.165) is 5.56 Å². The van der Waals surface area contributed by atoms with E-state index in [1.165, 1.54) is 0 Å². The molecular weight excluding hydrogens is 311 g/mol. The molecule has 3 rings (SSSR count). The van der Waals surface area contributed by atoms with Gasteiger partial charge in [0.15, 0.2) is 5.78 Å². The lowest BCUT2D eigenvalue weighted by Gasteiger charge is -2.32. The maximum atomic E-state index is 12.5. The van der Waals surface area contributed by atoms with E-state index in [1.807, 2.05) is 54.6 Å². The SMILES string of the molecule is CC(B1OC(C)(C)C(C)(C)O1)c1ccc(C(=O)c2ccccc2)cc1. The van der Waals surface area contributed by atoms with E-state index in [1.54, 1.807) is 0 Å². The molecule has 130 valence electrons. The van der Waals surface area contributed by atoms with Gasteiger partial charge in [0.2, 0.25) is 0 Å². The Hall–Kier alpha value is -1.91. The molecule has 1 aliphatic rings. The van der Waals surface area contributed by atoms with Crippen LogP contribution in [0.2, 0.25) is 0 Å². The predicted molar refractivity (Wildman–Crippen MR) is 101 cm³/mol. The Morgan fingerprint density at radius 3 is 1.84 bits per heavy atom. The van der Waals surface area contributed by atoms with Crippen molar-refractivity contribution in [1.82, 2.24) is 0 Å². The molecule has 1 unspecified atom stereocenters. The van der Waals surface area contributed by atoms with E-state index in [0.29, 0.717) is 11.1 Å². The topological polar surface area (TPSA) is 35.5 Å². The van der Waals surface area contributed by atoms with Crippen molar-refractivity contribution in [2.24, 2.45) is 0 Å². The first-order valence-corrected chi connectivity index (χ1v) is 8.77. The summed E-state index contributed by atoms with van der Waals surface area (Å²) >= 11 is 0. The quantitative estimate of drug-likeness (QED) is 0.602. The summed E-state index contributed by atoms with van der Waals surface area (Å²) < 4.78 is 12.3. The largest absolute Gasteiger partial charge is 0.465 e. The highest BCUT2D eigenvalue weighted by Gasteiger charge is 2.52. The summed E-state index contributed by atoms with van der Waals surface area (Å²) in [6, 6.07) is 17.1. The van der Waals surface area contributed by atoms with Gasteiger partial charge < -0.3 is 9.31 Å². The number of ketones is 1. The van der Waals surface area contributed by atoms with Crippen LogP contribution in [0.5, 0.6) is 0 Å². The average molecular weight is 336 g/mol. The van der Waals surface area contributed by atoms with E-state index in [2.05, 4.69) is 34.6 Å². The summed E-state index contributed by atoms with van der Waals surface area (Å²) in [5.74, 6) is 0.123. The molecule has 2 aromatic carbocycles. The molecule has 3 nitrogen and oxygen atoms in total. The first kappa shape index (κ1) is 17.9. The molecule has 0 amide bonds. The van der Waals surface area contributed by atoms with Crippen LogP contribution in [0.3, 0.4) is 0 Å². The second kappa shape index (κ2) is 6.43. The van der Waals surface area contributed by atoms with Gasteiger partial charge in [-0.15, -0.1) is 0 Å². The van der Waals surface area contributed by atoms with Crippen molar-refractivity contribution in [2.45, 2.75) is 51.6 Å². The second-order valence-electron chi connectivity index (χ2n) is 7.73. The third-order valence-electron chi connectivity index (χ3n) is 5.41. The molecule has 0 N–H and O–H groups in total. The van der Waals surface area contributed by atoms with Crippen LogP contribution in [0.1, 0.15) is 61.9 Å². The maximum Gasteiger partial charge on any atom is 0.465 e. The minimum atomic E-state index is -0.338. The molecule has 4 heteroatoms. The van der Waals surface area contributed by atoms with Crippen LogP contribution in [0.25, 0.3) is 0 Å². The van der Waals surface area contributed by atoms with Crippen molar-refractivity contribution in [3.8, 4) is 0 Å². The molecule has 1 aliphatic heterocycles. The van der Waals surface area contributed by atoms with Gasteiger partial charge in [0.1, 0.15) is 0 Å². The lowest BCUT2D eigenvalue weighted by molar-refractivity contribution is 0.00578. The maximum absolute atomic E-state index is 12.5. The van der Waals surface area contributed by atoms with Gasteiger partial charge in [-0.1, -0.05) is 61.5 Å². The zero-order valence-corrected chi connectivity index (χ0v) is 15.6. The summed E-state index contributed by atoms with van der Waals surface area (Å²) in [7, 11) is -0.291. The molecule has 25 heavy (non-hydrogen) atoms. The summed E-state index contributed by atoms with van der Waals surface area (Å²) in [4.78, 5) is 12.5. The lowest BCUT2D eigenvalue weighted by Crippen LogP contribution is -2.41. The fraction of sp³-hybridized carbons (Fsp3) is 0.381. The molecular formula is C21H25BO3. The Bertz CT molecular complexity index is 734. The minimum absolute atomic E-state index is 0.0374. The van der Waals surface area contributed by atoms with Crippen molar-refractivity contribution >= 4 is 12.9 Å². The Kier molecular flexibility index (Phi) is 4.61. The van der Waals surface area contributed by atoms with Crippen LogP contribution in [0.4, 0.5) is 0 Å². The highest BCUT2D eigenvalue weighted by molar-refractivity contribution is 6.47. The van der Waals surface area contributed by atoms with Gasteiger partial charge in [0.25, 0.3) is 0 Å². The summed E-state index contributed by atoms with van der Waals surface area (Å²) in [6.07, 6.45) is 0. The molecule has 0 aliphatic carbocycles. The van der Waals surface area contributed by atoms with Crippen LogP contribution in [0, 0.1) is 0 Å². The van der Waals surface area contributed by atoms with Gasteiger partial charge in [-0.05, 0) is 33.3 Å². The highest BCUT2D eigenvalue weighted by atomic mass is 16.7. The summed E-state index contributed by atoms with van der Waals surface area (Å²) in [6.45, 7) is 10.3. The number of carbonyl (C=O) groups excluding carboxylic acids is 1. The zero-order valence-electron chi connectivity index (χ0n) is 15.6. The van der Waals surface area contributed by atoms with Gasteiger partial charge >= 0.3 is 7.12 Å². The molecule has 1 atom stereocenters. The van der Waals surface area contributed by atoms with Crippen molar-refractivity contribution < 1.29 is 14.1 Å². The van der Waals surface area contributed by atoms with E-state index in [9.17, 15) is 4.79 Å². The third-order valence-corrected chi connectivity index (χ3v) is 5.41. The van der Waals surface area contributed by atoms with Crippen LogP contribution >= 0.6 is 0 Å². The van der Waals surface area contributed by atoms with Crippen LogP contribution in [-0.4, -0.2) is 24.1 Å². The first-order valence-electron chi connectivity index (χ1n) is 8.77. The van der Waals surface area contributed by atoms with Crippen molar-refractivity contribution in [3.05, 3.63) is 71.3 Å². The molecule has 0 saturated carbocycles. The van der Waals surface area contributed by atoms with Crippen molar-refractivity contribution in [1.29, 1.82) is 0 Å². The predicted octanol–water partition coefficient (Wildman–Crippen LogP) is 4.65. The number of benzene rings is 2. The Morgan fingerprint density at radius 2 is 1.32 bits per heavy atom. The second-order valence-corrected chi connectivity index (χ2v) is 7.73.